The zero-order chi connectivity index (χ0) is 18.9. The van der Waals surface area contributed by atoms with Crippen molar-refractivity contribution in [3.63, 3.8) is 0 Å². The lowest BCUT2D eigenvalue weighted by molar-refractivity contribution is -0.130. The van der Waals surface area contributed by atoms with Crippen LogP contribution in [0.5, 0.6) is 11.5 Å². The van der Waals surface area contributed by atoms with Crippen LogP contribution >= 0.6 is 0 Å². The summed E-state index contributed by atoms with van der Waals surface area (Å²) in [6.07, 6.45) is 0.725. The van der Waals surface area contributed by atoms with E-state index in [2.05, 4.69) is 5.32 Å². The number of likely N-dealkylation sites (N-methyl/N-ethyl adjacent to an activating group) is 1. The number of ether oxygens (including phenoxy) is 2. The minimum atomic E-state index is -0.178. The number of benzene rings is 2. The van der Waals surface area contributed by atoms with E-state index in [9.17, 15) is 9.59 Å². The molecule has 2 aromatic rings. The molecule has 0 unspecified atom stereocenters. The van der Waals surface area contributed by atoms with Crippen molar-refractivity contribution in [1.29, 1.82) is 0 Å². The zero-order valence-corrected chi connectivity index (χ0v) is 15.3. The van der Waals surface area contributed by atoms with Crippen LogP contribution in [0.1, 0.15) is 15.9 Å². The van der Waals surface area contributed by atoms with Crippen LogP contribution in [-0.2, 0) is 11.2 Å². The molecule has 2 rings (SSSR count). The number of hydrogen-bond acceptors (Lipinski definition) is 4. The maximum atomic E-state index is 12.3. The SMILES string of the molecule is COc1ccc(CCNC(=O)c2cccc(OCC(=O)N(C)C)c2)cc1. The van der Waals surface area contributed by atoms with E-state index in [-0.39, 0.29) is 18.4 Å². The van der Waals surface area contributed by atoms with Gasteiger partial charge in [-0.25, -0.2) is 0 Å². The summed E-state index contributed by atoms with van der Waals surface area (Å²) >= 11 is 0. The summed E-state index contributed by atoms with van der Waals surface area (Å²) in [7, 11) is 4.96. The number of nitrogens with one attached hydrogen (secondary N) is 1. The van der Waals surface area contributed by atoms with Crippen LogP contribution < -0.4 is 14.8 Å². The van der Waals surface area contributed by atoms with Crippen molar-refractivity contribution >= 4 is 11.8 Å². The van der Waals surface area contributed by atoms with Gasteiger partial charge in [-0.15, -0.1) is 0 Å². The third-order valence-electron chi connectivity index (χ3n) is 3.82. The highest BCUT2D eigenvalue weighted by molar-refractivity contribution is 5.94. The molecule has 0 atom stereocenters. The molecule has 0 fully saturated rings. The fourth-order valence-corrected chi connectivity index (χ4v) is 2.22. The molecular weight excluding hydrogens is 332 g/mol. The highest BCUT2D eigenvalue weighted by atomic mass is 16.5. The normalized spacial score (nSPS) is 10.1. The molecule has 0 radical (unpaired) electrons. The zero-order valence-electron chi connectivity index (χ0n) is 15.3. The van der Waals surface area contributed by atoms with Crippen molar-refractivity contribution in [2.75, 3.05) is 34.4 Å². The van der Waals surface area contributed by atoms with Gasteiger partial charge in [-0.1, -0.05) is 18.2 Å². The summed E-state index contributed by atoms with van der Waals surface area (Å²) in [5.41, 5.74) is 1.61. The van der Waals surface area contributed by atoms with Crippen LogP contribution in [0.2, 0.25) is 0 Å². The van der Waals surface area contributed by atoms with Gasteiger partial charge in [0.15, 0.2) is 6.61 Å². The Balaban J connectivity index is 1.84. The molecular formula is C20H24N2O4. The molecule has 0 aliphatic carbocycles. The van der Waals surface area contributed by atoms with Crippen LogP contribution in [0.15, 0.2) is 48.5 Å². The Morgan fingerprint density at radius 2 is 1.77 bits per heavy atom. The summed E-state index contributed by atoms with van der Waals surface area (Å²) in [5.74, 6) is 0.979. The lowest BCUT2D eigenvalue weighted by Crippen LogP contribution is -2.28. The topological polar surface area (TPSA) is 67.9 Å². The molecule has 0 heterocycles. The third-order valence-corrected chi connectivity index (χ3v) is 3.82. The predicted octanol–water partition coefficient (Wildman–Crippen LogP) is 2.13. The van der Waals surface area contributed by atoms with E-state index in [0.717, 1.165) is 17.7 Å². The Morgan fingerprint density at radius 1 is 1.04 bits per heavy atom. The molecule has 6 heteroatoms. The highest BCUT2D eigenvalue weighted by Gasteiger charge is 2.09. The molecule has 0 aromatic heterocycles. The van der Waals surface area contributed by atoms with Gasteiger partial charge in [0.25, 0.3) is 11.8 Å². The number of hydrogen-bond donors (Lipinski definition) is 1. The van der Waals surface area contributed by atoms with Crippen molar-refractivity contribution in [2.24, 2.45) is 0 Å². The fourth-order valence-electron chi connectivity index (χ4n) is 2.22. The van der Waals surface area contributed by atoms with Crippen LogP contribution in [0.3, 0.4) is 0 Å². The maximum Gasteiger partial charge on any atom is 0.259 e. The summed E-state index contributed by atoms with van der Waals surface area (Å²) in [6, 6.07) is 14.5. The minimum Gasteiger partial charge on any atom is -0.497 e. The first-order chi connectivity index (χ1) is 12.5. The number of methoxy groups -OCH3 is 1. The number of nitrogens with zero attached hydrogens (tertiary/aromatic N) is 1. The Kier molecular flexibility index (Phi) is 7.02. The van der Waals surface area contributed by atoms with Crippen molar-refractivity contribution in [1.82, 2.24) is 10.2 Å². The summed E-state index contributed by atoms with van der Waals surface area (Å²) in [6.45, 7) is 0.463. The Hall–Kier alpha value is -3.02. The van der Waals surface area contributed by atoms with Crippen LogP contribution in [-0.4, -0.2) is 51.1 Å². The largest absolute Gasteiger partial charge is 0.497 e. The molecule has 1 N–H and O–H groups in total. The van der Waals surface area contributed by atoms with Gasteiger partial charge in [0.2, 0.25) is 0 Å². The molecule has 0 saturated carbocycles. The van der Waals surface area contributed by atoms with E-state index in [0.29, 0.717) is 17.9 Å². The Labute approximate surface area is 153 Å². The van der Waals surface area contributed by atoms with Crippen LogP contribution in [0.4, 0.5) is 0 Å². The quantitative estimate of drug-likeness (QED) is 0.787. The van der Waals surface area contributed by atoms with E-state index < -0.39 is 0 Å². The number of amides is 2. The second-order valence-electron chi connectivity index (χ2n) is 5.96. The van der Waals surface area contributed by atoms with Gasteiger partial charge < -0.3 is 19.7 Å². The van der Waals surface area contributed by atoms with Crippen LogP contribution in [0, 0.1) is 0 Å². The summed E-state index contributed by atoms with van der Waals surface area (Å²) in [5, 5.41) is 2.89. The first-order valence-corrected chi connectivity index (χ1v) is 8.33. The Bertz CT molecular complexity index is 742. The minimum absolute atomic E-state index is 0.0600. The van der Waals surface area contributed by atoms with Crippen molar-refractivity contribution < 1.29 is 19.1 Å². The highest BCUT2D eigenvalue weighted by Crippen LogP contribution is 2.14. The third kappa shape index (κ3) is 5.81. The van der Waals surface area contributed by atoms with Crippen molar-refractivity contribution in [3.05, 3.63) is 59.7 Å². The van der Waals surface area contributed by atoms with Gasteiger partial charge in [-0.05, 0) is 42.3 Å². The molecule has 0 spiro atoms. The first-order valence-electron chi connectivity index (χ1n) is 8.33. The Morgan fingerprint density at radius 3 is 2.42 bits per heavy atom. The number of carbonyl (C=O) groups is 2. The van der Waals surface area contributed by atoms with Crippen LogP contribution in [0.25, 0.3) is 0 Å². The summed E-state index contributed by atoms with van der Waals surface area (Å²) in [4.78, 5) is 25.3. The lowest BCUT2D eigenvalue weighted by atomic mass is 10.1. The van der Waals surface area contributed by atoms with Crippen molar-refractivity contribution in [2.45, 2.75) is 6.42 Å². The van der Waals surface area contributed by atoms with E-state index >= 15 is 0 Å². The average Bonchev–Trinajstić information content (AvgIpc) is 2.66. The van der Waals surface area contributed by atoms with Gasteiger partial charge in [-0.2, -0.15) is 0 Å². The maximum absolute atomic E-state index is 12.3. The molecule has 0 aliphatic rings. The molecule has 2 aromatic carbocycles. The second-order valence-corrected chi connectivity index (χ2v) is 5.96. The van der Waals surface area contributed by atoms with E-state index in [1.165, 1.54) is 4.90 Å². The second kappa shape index (κ2) is 9.46. The fraction of sp³-hybridized carbons (Fsp3) is 0.300. The van der Waals surface area contributed by atoms with E-state index in [4.69, 9.17) is 9.47 Å². The molecule has 0 aliphatic heterocycles. The number of rotatable bonds is 8. The standard InChI is InChI=1S/C20H24N2O4/c1-22(2)19(23)14-26-18-6-4-5-16(13-18)20(24)21-12-11-15-7-9-17(25-3)10-8-15/h4-10,13H,11-12,14H2,1-3H3,(H,21,24). The van der Waals surface area contributed by atoms with Gasteiger partial charge >= 0.3 is 0 Å². The summed E-state index contributed by atoms with van der Waals surface area (Å²) < 4.78 is 10.6. The van der Waals surface area contributed by atoms with Gasteiger partial charge in [0.05, 0.1) is 7.11 Å². The van der Waals surface area contributed by atoms with Gasteiger partial charge in [0.1, 0.15) is 11.5 Å². The average molecular weight is 356 g/mol. The number of carbonyl (C=O) groups excluding carboxylic acids is 2. The monoisotopic (exact) mass is 356 g/mol. The van der Waals surface area contributed by atoms with E-state index in [1.807, 2.05) is 24.3 Å². The predicted molar refractivity (Wildman–Crippen MR) is 99.7 cm³/mol. The smallest absolute Gasteiger partial charge is 0.259 e. The molecule has 2 amide bonds. The lowest BCUT2D eigenvalue weighted by Gasteiger charge is -2.12. The molecule has 138 valence electrons. The molecule has 0 bridgehead atoms. The molecule has 0 saturated heterocycles. The van der Waals surface area contributed by atoms with Gasteiger partial charge in [0, 0.05) is 26.2 Å². The molecule has 26 heavy (non-hydrogen) atoms. The molecule has 6 nitrogen and oxygen atoms in total. The first kappa shape index (κ1) is 19.3. The van der Waals surface area contributed by atoms with E-state index in [1.54, 1.807) is 45.5 Å². The van der Waals surface area contributed by atoms with Crippen molar-refractivity contribution in [3.8, 4) is 11.5 Å². The van der Waals surface area contributed by atoms with Gasteiger partial charge in [-0.3, -0.25) is 9.59 Å².